The summed E-state index contributed by atoms with van der Waals surface area (Å²) >= 11 is 6.12. The third kappa shape index (κ3) is 5.43. The molecule has 2 bridgehead atoms. The number of carbonyl (C=O) groups is 1. The van der Waals surface area contributed by atoms with Crippen LogP contribution in [0.2, 0.25) is 5.02 Å². The minimum atomic E-state index is -4.02. The average Bonchev–Trinajstić information content (AvgIpc) is 3.45. The summed E-state index contributed by atoms with van der Waals surface area (Å²) in [6, 6.07) is 16.7. The van der Waals surface area contributed by atoms with E-state index in [-0.39, 0.29) is 28.2 Å². The molecule has 0 saturated carbocycles. The molecule has 43 heavy (non-hydrogen) atoms. The molecule has 1 amide bonds. The van der Waals surface area contributed by atoms with Gasteiger partial charge in [-0.2, -0.15) is 0 Å². The molecule has 12 heteroatoms. The Morgan fingerprint density at radius 2 is 1.72 bits per heavy atom. The average molecular weight is 625 g/mol. The van der Waals surface area contributed by atoms with Gasteiger partial charge in [-0.25, -0.2) is 8.42 Å². The first kappa shape index (κ1) is 28.4. The number of likely N-dealkylation sites (tertiary alicyclic amines) is 1. The number of sulfonamides is 1. The summed E-state index contributed by atoms with van der Waals surface area (Å²) in [7, 11) is -4.02. The van der Waals surface area contributed by atoms with Crippen molar-refractivity contribution in [3.8, 4) is 0 Å². The van der Waals surface area contributed by atoms with Gasteiger partial charge in [-0.15, -0.1) is 0 Å². The number of pyridine rings is 1. The standard InChI is InChI=1S/C31H33ClN4O6S/c32-24-3-1-4-25(17-24)43(39,40)33-26-16-22(30(38)34-11-9-31(10-12-34)41-13-14-42-31)7-8-28(26)35-18-21-15-23(20-35)27-5-2-6-29(37)36(27)19-21/h1-8,16-17,21,23,33H,9-15,18-20H2. The van der Waals surface area contributed by atoms with Gasteiger partial charge in [0.2, 0.25) is 0 Å². The Morgan fingerprint density at radius 3 is 2.49 bits per heavy atom. The monoisotopic (exact) mass is 624 g/mol. The second-order valence-corrected chi connectivity index (χ2v) is 13.9. The Labute approximate surface area is 255 Å². The van der Waals surface area contributed by atoms with Gasteiger partial charge in [0.1, 0.15) is 0 Å². The topological polar surface area (TPSA) is 110 Å². The summed E-state index contributed by atoms with van der Waals surface area (Å²) in [5, 5.41) is 0.308. The van der Waals surface area contributed by atoms with Crippen LogP contribution < -0.4 is 15.2 Å². The summed E-state index contributed by atoms with van der Waals surface area (Å²) in [4.78, 5) is 30.2. The number of nitrogens with one attached hydrogen (secondary N) is 1. The number of carbonyl (C=O) groups excluding carboxylic acids is 1. The largest absolute Gasteiger partial charge is 0.369 e. The van der Waals surface area contributed by atoms with Crippen molar-refractivity contribution in [2.45, 2.75) is 42.4 Å². The zero-order valence-electron chi connectivity index (χ0n) is 23.6. The predicted molar refractivity (Wildman–Crippen MR) is 162 cm³/mol. The van der Waals surface area contributed by atoms with Gasteiger partial charge in [0.25, 0.3) is 21.5 Å². The van der Waals surface area contributed by atoms with Gasteiger partial charge in [0, 0.05) is 73.8 Å². The van der Waals surface area contributed by atoms with Crippen molar-refractivity contribution in [2.24, 2.45) is 5.92 Å². The van der Waals surface area contributed by atoms with E-state index in [1.165, 1.54) is 12.1 Å². The van der Waals surface area contributed by atoms with E-state index >= 15 is 0 Å². The number of piperidine rings is 2. The maximum absolute atomic E-state index is 13.7. The first-order chi connectivity index (χ1) is 20.7. The third-order valence-corrected chi connectivity index (χ3v) is 10.6. The summed E-state index contributed by atoms with van der Waals surface area (Å²) in [6.07, 6.45) is 2.14. The highest BCUT2D eigenvalue weighted by Crippen LogP contribution is 2.40. The molecule has 5 heterocycles. The van der Waals surface area contributed by atoms with Crippen molar-refractivity contribution in [1.29, 1.82) is 0 Å². The fourth-order valence-electron chi connectivity index (χ4n) is 6.98. The lowest BCUT2D eigenvalue weighted by Gasteiger charge is -2.44. The van der Waals surface area contributed by atoms with E-state index in [1.807, 2.05) is 16.7 Å². The number of aromatic nitrogens is 1. The first-order valence-electron chi connectivity index (χ1n) is 14.6. The van der Waals surface area contributed by atoms with Gasteiger partial charge < -0.3 is 23.8 Å². The van der Waals surface area contributed by atoms with Crippen LogP contribution in [0.5, 0.6) is 0 Å². The van der Waals surface area contributed by atoms with Gasteiger partial charge >= 0.3 is 0 Å². The molecule has 1 aromatic heterocycles. The molecular formula is C31H33ClN4O6S. The Kier molecular flexibility index (Phi) is 7.24. The molecule has 1 N–H and O–H groups in total. The molecular weight excluding hydrogens is 592 g/mol. The normalized spacial score (nSPS) is 22.8. The maximum atomic E-state index is 13.7. The van der Waals surface area contributed by atoms with Crippen LogP contribution in [0.25, 0.3) is 0 Å². The highest BCUT2D eigenvalue weighted by molar-refractivity contribution is 7.92. The Morgan fingerprint density at radius 1 is 0.953 bits per heavy atom. The van der Waals surface area contributed by atoms with Crippen molar-refractivity contribution in [3.63, 3.8) is 0 Å². The molecule has 3 fully saturated rings. The Bertz CT molecular complexity index is 1730. The summed E-state index contributed by atoms with van der Waals surface area (Å²) in [6.45, 7) is 3.99. The van der Waals surface area contributed by atoms with E-state index < -0.39 is 15.8 Å². The number of hydrogen-bond acceptors (Lipinski definition) is 7. The number of hydrogen-bond donors (Lipinski definition) is 1. The molecule has 2 atom stereocenters. The van der Waals surface area contributed by atoms with E-state index in [0.29, 0.717) is 80.7 Å². The smallest absolute Gasteiger partial charge is 0.262 e. The lowest BCUT2D eigenvalue weighted by atomic mass is 9.83. The summed E-state index contributed by atoms with van der Waals surface area (Å²) in [5.74, 6) is -0.424. The van der Waals surface area contributed by atoms with Crippen LogP contribution in [0.1, 0.15) is 41.2 Å². The number of benzene rings is 2. The maximum Gasteiger partial charge on any atom is 0.262 e. The lowest BCUT2D eigenvalue weighted by Crippen LogP contribution is -2.47. The van der Waals surface area contributed by atoms with Gasteiger partial charge in [-0.05, 0) is 54.8 Å². The van der Waals surface area contributed by atoms with Gasteiger partial charge in [-0.3, -0.25) is 14.3 Å². The van der Waals surface area contributed by atoms with E-state index in [9.17, 15) is 18.0 Å². The van der Waals surface area contributed by atoms with Crippen LogP contribution >= 0.6 is 11.6 Å². The summed E-state index contributed by atoms with van der Waals surface area (Å²) in [5.41, 5.74) is 2.42. The van der Waals surface area contributed by atoms with E-state index in [4.69, 9.17) is 21.1 Å². The van der Waals surface area contributed by atoms with Gasteiger partial charge in [0.15, 0.2) is 5.79 Å². The third-order valence-electron chi connectivity index (χ3n) is 9.04. The molecule has 0 aliphatic carbocycles. The van der Waals surface area contributed by atoms with Crippen molar-refractivity contribution in [1.82, 2.24) is 9.47 Å². The Hall–Kier alpha value is -3.38. The number of ether oxygens (including phenoxy) is 2. The molecule has 3 aromatic rings. The molecule has 1 spiro atoms. The van der Waals surface area contributed by atoms with Gasteiger partial charge in [-0.1, -0.05) is 23.7 Å². The zero-order valence-corrected chi connectivity index (χ0v) is 25.1. The number of anilines is 2. The number of rotatable bonds is 5. The van der Waals surface area contributed by atoms with Crippen molar-refractivity contribution < 1.29 is 22.7 Å². The Balaban J connectivity index is 1.21. The molecule has 3 saturated heterocycles. The van der Waals surface area contributed by atoms with Gasteiger partial charge in [0.05, 0.1) is 29.5 Å². The SMILES string of the molecule is O=C(c1ccc(N2CC3CC(C2)c2cccc(=O)n2C3)c(NS(=O)(=O)c2cccc(Cl)c2)c1)N1CCC2(CC1)OCCO2. The highest BCUT2D eigenvalue weighted by atomic mass is 35.5. The molecule has 10 nitrogen and oxygen atoms in total. The molecule has 2 aromatic carbocycles. The quantitative estimate of drug-likeness (QED) is 0.458. The molecule has 2 unspecified atom stereocenters. The van der Waals surface area contributed by atoms with Crippen LogP contribution in [-0.4, -0.2) is 69.0 Å². The molecule has 7 rings (SSSR count). The zero-order chi connectivity index (χ0) is 29.8. The molecule has 4 aliphatic rings. The van der Waals surface area contributed by atoms with Crippen LogP contribution in [-0.2, 0) is 26.0 Å². The number of amides is 1. The van der Waals surface area contributed by atoms with Crippen LogP contribution in [0.3, 0.4) is 0 Å². The second-order valence-electron chi connectivity index (χ2n) is 11.8. The van der Waals surface area contributed by atoms with Crippen molar-refractivity contribution >= 4 is 38.9 Å². The highest BCUT2D eigenvalue weighted by Gasteiger charge is 2.41. The number of nitrogens with zero attached hydrogens (tertiary/aromatic N) is 3. The van der Waals surface area contributed by atoms with Crippen LogP contribution in [0, 0.1) is 5.92 Å². The first-order valence-corrected chi connectivity index (χ1v) is 16.5. The molecule has 226 valence electrons. The fraction of sp³-hybridized carbons (Fsp3) is 0.419. The summed E-state index contributed by atoms with van der Waals surface area (Å²) < 4.78 is 43.4. The number of halogens is 1. The molecule has 0 radical (unpaired) electrons. The number of fused-ring (bicyclic) bond motifs is 4. The van der Waals surface area contributed by atoms with E-state index in [2.05, 4.69) is 9.62 Å². The molecule has 4 aliphatic heterocycles. The lowest BCUT2D eigenvalue weighted by molar-refractivity contribution is -0.181. The minimum absolute atomic E-state index is 0.00757. The van der Waals surface area contributed by atoms with Crippen molar-refractivity contribution in [2.75, 3.05) is 49.0 Å². The second kappa shape index (κ2) is 11.0. The van der Waals surface area contributed by atoms with Crippen LogP contribution in [0.4, 0.5) is 11.4 Å². The minimum Gasteiger partial charge on any atom is -0.369 e. The van der Waals surface area contributed by atoms with E-state index in [1.54, 1.807) is 41.3 Å². The fourth-order valence-corrected chi connectivity index (χ4v) is 8.34. The van der Waals surface area contributed by atoms with E-state index in [0.717, 1.165) is 12.1 Å². The predicted octanol–water partition coefficient (Wildman–Crippen LogP) is 3.91. The van der Waals surface area contributed by atoms with Crippen molar-refractivity contribution in [3.05, 3.63) is 87.3 Å². The van der Waals surface area contributed by atoms with Crippen LogP contribution in [0.15, 0.2) is 70.4 Å².